The summed E-state index contributed by atoms with van der Waals surface area (Å²) in [5.41, 5.74) is 6.43. The average Bonchev–Trinajstić information content (AvgIpc) is 3.38. The summed E-state index contributed by atoms with van der Waals surface area (Å²) in [5.74, 6) is 3.23. The predicted molar refractivity (Wildman–Crippen MR) is 164 cm³/mol. The molecule has 7 nitrogen and oxygen atoms in total. The summed E-state index contributed by atoms with van der Waals surface area (Å²) in [4.78, 5) is 24.1. The molecule has 8 aromatic rings. The van der Waals surface area contributed by atoms with Crippen molar-refractivity contribution in [3.63, 3.8) is 0 Å². The second-order valence-electron chi connectivity index (χ2n) is 10.2. The molecule has 0 N–H and O–H groups in total. The van der Waals surface area contributed by atoms with E-state index < -0.39 is 0 Å². The Morgan fingerprint density at radius 2 is 1.26 bits per heavy atom. The van der Waals surface area contributed by atoms with Gasteiger partial charge in [-0.3, -0.25) is 4.57 Å². The van der Waals surface area contributed by atoms with Gasteiger partial charge in [-0.1, -0.05) is 84.9 Å². The topological polar surface area (TPSA) is 78.6 Å². The van der Waals surface area contributed by atoms with Crippen molar-refractivity contribution < 1.29 is 4.74 Å². The number of hydrogen-bond donors (Lipinski definition) is 0. The minimum Gasteiger partial charge on any atom is -0.456 e. The zero-order chi connectivity index (χ0) is 27.6. The Morgan fingerprint density at radius 1 is 0.548 bits per heavy atom. The molecule has 3 aromatic heterocycles. The SMILES string of the molecule is c1ccc(-c2nc(-c3ccccc3)nc(-n3c4ccccc4c4cc5c(cc43)Oc3cccc4ncnc-5c34)n2)cc1. The number of hydrogen-bond acceptors (Lipinski definition) is 6. The van der Waals surface area contributed by atoms with Crippen molar-refractivity contribution in [1.29, 1.82) is 0 Å². The molecule has 0 fully saturated rings. The highest BCUT2D eigenvalue weighted by molar-refractivity contribution is 6.12. The lowest BCUT2D eigenvalue weighted by molar-refractivity contribution is 0.487. The van der Waals surface area contributed by atoms with Crippen molar-refractivity contribution >= 4 is 32.7 Å². The van der Waals surface area contributed by atoms with Crippen LogP contribution in [0.5, 0.6) is 11.5 Å². The fraction of sp³-hybridized carbons (Fsp3) is 0. The Hall–Kier alpha value is -5.95. The molecule has 0 bridgehead atoms. The van der Waals surface area contributed by atoms with Crippen molar-refractivity contribution in [3.05, 3.63) is 122 Å². The quantitative estimate of drug-likeness (QED) is 0.226. The standard InChI is InChI=1S/C35H20N6O/c1-3-10-21(11-4-1)33-38-34(22-12-5-2-6-13-22)40-35(39-33)41-27-16-8-7-14-23(27)24-18-25-30(19-28(24)41)42-29-17-9-15-26-31(29)32(25)37-20-36-26/h1-20H. The first kappa shape index (κ1) is 22.8. The van der Waals surface area contributed by atoms with E-state index in [2.05, 4.69) is 39.9 Å². The number of rotatable bonds is 3. The molecule has 0 aliphatic carbocycles. The monoisotopic (exact) mass is 540 g/mol. The van der Waals surface area contributed by atoms with Crippen LogP contribution < -0.4 is 4.74 Å². The van der Waals surface area contributed by atoms with E-state index in [0.29, 0.717) is 17.6 Å². The highest BCUT2D eigenvalue weighted by atomic mass is 16.5. The van der Waals surface area contributed by atoms with Crippen LogP contribution >= 0.6 is 0 Å². The van der Waals surface area contributed by atoms with Crippen LogP contribution in [0.25, 0.3) is 72.7 Å². The van der Waals surface area contributed by atoms with Gasteiger partial charge in [0.15, 0.2) is 11.6 Å². The molecule has 0 saturated heterocycles. The van der Waals surface area contributed by atoms with Gasteiger partial charge in [-0.15, -0.1) is 0 Å². The molecule has 7 heteroatoms. The van der Waals surface area contributed by atoms with Gasteiger partial charge in [0, 0.05) is 33.5 Å². The molecule has 0 saturated carbocycles. The molecule has 0 atom stereocenters. The average molecular weight is 541 g/mol. The number of benzene rings is 5. The first-order valence-corrected chi connectivity index (χ1v) is 13.7. The normalized spacial score (nSPS) is 12.0. The minimum absolute atomic E-state index is 0.537. The lowest BCUT2D eigenvalue weighted by Crippen LogP contribution is -2.06. The third-order valence-electron chi connectivity index (χ3n) is 7.76. The van der Waals surface area contributed by atoms with Gasteiger partial charge < -0.3 is 4.74 Å². The lowest BCUT2D eigenvalue weighted by Gasteiger charge is -2.20. The van der Waals surface area contributed by atoms with E-state index in [9.17, 15) is 0 Å². The molecule has 9 rings (SSSR count). The Bertz CT molecular complexity index is 2270. The maximum Gasteiger partial charge on any atom is 0.238 e. The van der Waals surface area contributed by atoms with E-state index in [1.807, 2.05) is 84.9 Å². The van der Waals surface area contributed by atoms with Crippen LogP contribution in [0.3, 0.4) is 0 Å². The first-order chi connectivity index (χ1) is 20.8. The largest absolute Gasteiger partial charge is 0.456 e. The van der Waals surface area contributed by atoms with Crippen LogP contribution in [0.2, 0.25) is 0 Å². The van der Waals surface area contributed by atoms with Gasteiger partial charge in [0.05, 0.1) is 27.6 Å². The number of para-hydroxylation sites is 1. The summed E-state index contributed by atoms with van der Waals surface area (Å²) in [6.45, 7) is 0. The molecule has 0 amide bonds. The van der Waals surface area contributed by atoms with Gasteiger partial charge in [-0.05, 0) is 24.3 Å². The molecular weight excluding hydrogens is 520 g/mol. The Kier molecular flexibility index (Phi) is 4.77. The summed E-state index contributed by atoms with van der Waals surface area (Å²) in [5, 5.41) is 3.07. The van der Waals surface area contributed by atoms with E-state index in [4.69, 9.17) is 24.7 Å². The van der Waals surface area contributed by atoms with Crippen LogP contribution in [0.15, 0.2) is 122 Å². The molecule has 0 unspecified atom stereocenters. The maximum atomic E-state index is 6.48. The van der Waals surface area contributed by atoms with Crippen molar-refractivity contribution in [1.82, 2.24) is 29.5 Å². The van der Waals surface area contributed by atoms with Crippen LogP contribution in [-0.4, -0.2) is 29.5 Å². The highest BCUT2D eigenvalue weighted by Crippen LogP contribution is 2.47. The van der Waals surface area contributed by atoms with Crippen molar-refractivity contribution in [2.24, 2.45) is 0 Å². The molecule has 0 radical (unpaired) electrons. The summed E-state index contributed by atoms with van der Waals surface area (Å²) >= 11 is 0. The molecule has 1 aliphatic heterocycles. The fourth-order valence-electron chi connectivity index (χ4n) is 5.86. The maximum absolute atomic E-state index is 6.48. The van der Waals surface area contributed by atoms with Crippen LogP contribution in [-0.2, 0) is 0 Å². The van der Waals surface area contributed by atoms with E-state index in [1.54, 1.807) is 6.33 Å². The fourth-order valence-corrected chi connectivity index (χ4v) is 5.86. The van der Waals surface area contributed by atoms with E-state index in [0.717, 1.165) is 66.6 Å². The molecule has 42 heavy (non-hydrogen) atoms. The molecule has 196 valence electrons. The molecular formula is C35H20N6O. The van der Waals surface area contributed by atoms with E-state index >= 15 is 0 Å². The van der Waals surface area contributed by atoms with Crippen LogP contribution in [0.1, 0.15) is 0 Å². The summed E-state index contributed by atoms with van der Waals surface area (Å²) in [6, 6.07) is 38.5. The van der Waals surface area contributed by atoms with Crippen LogP contribution in [0.4, 0.5) is 0 Å². The molecule has 5 aromatic carbocycles. The highest BCUT2D eigenvalue weighted by Gasteiger charge is 2.25. The third-order valence-corrected chi connectivity index (χ3v) is 7.76. The number of nitrogens with zero attached hydrogens (tertiary/aromatic N) is 6. The smallest absolute Gasteiger partial charge is 0.238 e. The second-order valence-corrected chi connectivity index (χ2v) is 10.2. The van der Waals surface area contributed by atoms with E-state index in [1.165, 1.54) is 0 Å². The Labute approximate surface area is 239 Å². The minimum atomic E-state index is 0.537. The number of ether oxygens (including phenoxy) is 1. The second kappa shape index (κ2) is 8.78. The Morgan fingerprint density at radius 3 is 2.02 bits per heavy atom. The summed E-state index contributed by atoms with van der Waals surface area (Å²) in [7, 11) is 0. The van der Waals surface area contributed by atoms with Gasteiger partial charge in [0.25, 0.3) is 0 Å². The van der Waals surface area contributed by atoms with E-state index in [-0.39, 0.29) is 0 Å². The first-order valence-electron chi connectivity index (χ1n) is 13.7. The molecule has 0 spiro atoms. The molecule has 4 heterocycles. The van der Waals surface area contributed by atoms with Crippen molar-refractivity contribution in [2.45, 2.75) is 0 Å². The predicted octanol–water partition coefficient (Wildman–Crippen LogP) is 8.02. The Balaban J connectivity index is 1.35. The number of aromatic nitrogens is 6. The third kappa shape index (κ3) is 3.37. The van der Waals surface area contributed by atoms with Crippen molar-refractivity contribution in [2.75, 3.05) is 0 Å². The zero-order valence-corrected chi connectivity index (χ0v) is 22.1. The van der Waals surface area contributed by atoms with Gasteiger partial charge in [0.2, 0.25) is 5.95 Å². The summed E-state index contributed by atoms with van der Waals surface area (Å²) < 4.78 is 8.59. The lowest BCUT2D eigenvalue weighted by atomic mass is 10.00. The summed E-state index contributed by atoms with van der Waals surface area (Å²) in [6.07, 6.45) is 1.62. The zero-order valence-electron chi connectivity index (χ0n) is 22.1. The van der Waals surface area contributed by atoms with Gasteiger partial charge in [-0.25, -0.2) is 15.0 Å². The van der Waals surface area contributed by atoms with Gasteiger partial charge in [-0.2, -0.15) is 9.97 Å². The van der Waals surface area contributed by atoms with Crippen molar-refractivity contribution in [3.8, 4) is 51.5 Å². The van der Waals surface area contributed by atoms with Gasteiger partial charge in [0.1, 0.15) is 17.8 Å². The van der Waals surface area contributed by atoms with Crippen LogP contribution in [0, 0.1) is 0 Å². The number of fused-ring (bicyclic) bond motifs is 5. The molecule has 1 aliphatic rings. The van der Waals surface area contributed by atoms with Gasteiger partial charge >= 0.3 is 0 Å².